The zero-order valence-corrected chi connectivity index (χ0v) is 12.6. The van der Waals surface area contributed by atoms with Gasteiger partial charge < -0.3 is 10.1 Å². The summed E-state index contributed by atoms with van der Waals surface area (Å²) in [7, 11) is 0. The van der Waals surface area contributed by atoms with Crippen molar-refractivity contribution in [3.63, 3.8) is 0 Å². The van der Waals surface area contributed by atoms with E-state index in [0.717, 1.165) is 22.4 Å². The number of ether oxygens (including phenoxy) is 1. The van der Waals surface area contributed by atoms with Gasteiger partial charge in [-0.05, 0) is 55.7 Å². The highest BCUT2D eigenvalue weighted by Crippen LogP contribution is 2.19. The predicted octanol–water partition coefficient (Wildman–Crippen LogP) is 3.41. The van der Waals surface area contributed by atoms with Crippen LogP contribution in [-0.4, -0.2) is 17.5 Å². The van der Waals surface area contributed by atoms with Gasteiger partial charge in [0.25, 0.3) is 0 Å². The van der Waals surface area contributed by atoms with Gasteiger partial charge >= 0.3 is 0 Å². The highest BCUT2D eigenvalue weighted by molar-refractivity contribution is 5.89. The third-order valence-corrected chi connectivity index (χ3v) is 3.11. The number of rotatable bonds is 5. The molecule has 0 saturated carbocycles. The molecule has 1 heterocycles. The molecule has 0 aliphatic rings. The Kier molecular flexibility index (Phi) is 4.93. The summed E-state index contributed by atoms with van der Waals surface area (Å²) in [5.41, 5.74) is 3.28. The predicted molar refractivity (Wildman–Crippen MR) is 83.6 cm³/mol. The molecule has 0 bridgehead atoms. The topological polar surface area (TPSA) is 51.2 Å². The number of carbonyl (C=O) groups is 1. The number of hydrogen-bond donors (Lipinski definition) is 1. The first-order chi connectivity index (χ1) is 10.0. The van der Waals surface area contributed by atoms with Gasteiger partial charge in [-0.3, -0.25) is 4.79 Å². The molecule has 2 rings (SSSR count). The number of hydrogen-bond acceptors (Lipinski definition) is 3. The minimum atomic E-state index is -0.0987. The first-order valence-corrected chi connectivity index (χ1v) is 6.97. The smallest absolute Gasteiger partial charge is 0.228 e. The number of amides is 1. The van der Waals surface area contributed by atoms with Gasteiger partial charge in [0.05, 0.1) is 13.0 Å². The Morgan fingerprint density at radius 1 is 1.14 bits per heavy atom. The largest absolute Gasteiger partial charge is 0.493 e. The SMILES string of the molecule is Cc1ccnc(NC(=O)CCOc2cc(C)ccc2C)c1. The van der Waals surface area contributed by atoms with Gasteiger partial charge in [-0.15, -0.1) is 0 Å². The molecule has 0 aliphatic carbocycles. The van der Waals surface area contributed by atoms with E-state index in [9.17, 15) is 4.79 Å². The summed E-state index contributed by atoms with van der Waals surface area (Å²) in [5, 5.41) is 2.76. The van der Waals surface area contributed by atoms with Crippen molar-refractivity contribution in [2.75, 3.05) is 11.9 Å². The standard InChI is InChI=1S/C17H20N2O2/c1-12-4-5-14(3)15(10-12)21-9-7-17(20)19-16-11-13(2)6-8-18-16/h4-6,8,10-11H,7,9H2,1-3H3,(H,18,19,20). The highest BCUT2D eigenvalue weighted by atomic mass is 16.5. The van der Waals surface area contributed by atoms with Crippen molar-refractivity contribution < 1.29 is 9.53 Å². The van der Waals surface area contributed by atoms with Crippen LogP contribution in [0.15, 0.2) is 36.5 Å². The number of aryl methyl sites for hydroxylation is 3. The Morgan fingerprint density at radius 3 is 2.67 bits per heavy atom. The van der Waals surface area contributed by atoms with Crippen molar-refractivity contribution >= 4 is 11.7 Å². The molecule has 0 saturated heterocycles. The Bertz CT molecular complexity index is 638. The number of pyridine rings is 1. The van der Waals surface area contributed by atoms with Crippen molar-refractivity contribution in [3.05, 3.63) is 53.2 Å². The van der Waals surface area contributed by atoms with E-state index in [1.165, 1.54) is 0 Å². The number of anilines is 1. The van der Waals surface area contributed by atoms with E-state index in [-0.39, 0.29) is 5.91 Å². The molecule has 110 valence electrons. The minimum absolute atomic E-state index is 0.0987. The van der Waals surface area contributed by atoms with Crippen LogP contribution in [0.2, 0.25) is 0 Å². The van der Waals surface area contributed by atoms with Crippen LogP contribution in [-0.2, 0) is 4.79 Å². The maximum atomic E-state index is 11.8. The van der Waals surface area contributed by atoms with E-state index in [4.69, 9.17) is 4.74 Å². The summed E-state index contributed by atoms with van der Waals surface area (Å²) < 4.78 is 5.67. The number of benzene rings is 1. The van der Waals surface area contributed by atoms with Gasteiger partial charge in [0, 0.05) is 6.20 Å². The normalized spacial score (nSPS) is 10.2. The molecule has 0 radical (unpaired) electrons. The van der Waals surface area contributed by atoms with Crippen molar-refractivity contribution in [1.82, 2.24) is 4.98 Å². The van der Waals surface area contributed by atoms with Gasteiger partial charge in [-0.2, -0.15) is 0 Å². The molecule has 0 fully saturated rings. The molecule has 0 aliphatic heterocycles. The van der Waals surface area contributed by atoms with Crippen LogP contribution in [0.5, 0.6) is 5.75 Å². The molecule has 2 aromatic rings. The summed E-state index contributed by atoms with van der Waals surface area (Å²) in [4.78, 5) is 15.9. The van der Waals surface area contributed by atoms with Gasteiger partial charge in [-0.1, -0.05) is 12.1 Å². The zero-order chi connectivity index (χ0) is 15.2. The molecule has 0 spiro atoms. The monoisotopic (exact) mass is 284 g/mol. The summed E-state index contributed by atoms with van der Waals surface area (Å²) >= 11 is 0. The Balaban J connectivity index is 1.83. The zero-order valence-electron chi connectivity index (χ0n) is 12.6. The lowest BCUT2D eigenvalue weighted by Crippen LogP contribution is -2.16. The van der Waals surface area contributed by atoms with Crippen molar-refractivity contribution in [2.45, 2.75) is 27.2 Å². The molecular formula is C17H20N2O2. The average Bonchev–Trinajstić information content (AvgIpc) is 2.42. The summed E-state index contributed by atoms with van der Waals surface area (Å²) in [6, 6.07) is 9.76. The molecule has 0 atom stereocenters. The van der Waals surface area contributed by atoms with E-state index >= 15 is 0 Å². The summed E-state index contributed by atoms with van der Waals surface area (Å²) in [6.45, 7) is 6.32. The maximum absolute atomic E-state index is 11.8. The first-order valence-electron chi connectivity index (χ1n) is 6.97. The van der Waals surface area contributed by atoms with Crippen molar-refractivity contribution in [3.8, 4) is 5.75 Å². The second-order valence-electron chi connectivity index (χ2n) is 5.13. The van der Waals surface area contributed by atoms with Gasteiger partial charge in [0.1, 0.15) is 11.6 Å². The van der Waals surface area contributed by atoms with Crippen molar-refractivity contribution in [2.24, 2.45) is 0 Å². The number of nitrogens with zero attached hydrogens (tertiary/aromatic N) is 1. The molecule has 21 heavy (non-hydrogen) atoms. The van der Waals surface area contributed by atoms with Crippen molar-refractivity contribution in [1.29, 1.82) is 0 Å². The van der Waals surface area contributed by atoms with Crippen LogP contribution in [0, 0.1) is 20.8 Å². The van der Waals surface area contributed by atoms with E-state index in [1.54, 1.807) is 6.20 Å². The molecule has 1 aromatic carbocycles. The van der Waals surface area contributed by atoms with Crippen LogP contribution in [0.3, 0.4) is 0 Å². The van der Waals surface area contributed by atoms with Gasteiger partial charge in [0.15, 0.2) is 0 Å². The lowest BCUT2D eigenvalue weighted by atomic mass is 10.1. The number of carbonyl (C=O) groups excluding carboxylic acids is 1. The fraction of sp³-hybridized carbons (Fsp3) is 0.294. The summed E-state index contributed by atoms with van der Waals surface area (Å²) in [6.07, 6.45) is 1.97. The molecule has 1 aromatic heterocycles. The quantitative estimate of drug-likeness (QED) is 0.915. The third-order valence-electron chi connectivity index (χ3n) is 3.11. The van der Waals surface area contributed by atoms with Crippen LogP contribution in [0.4, 0.5) is 5.82 Å². The van der Waals surface area contributed by atoms with Gasteiger partial charge in [0.2, 0.25) is 5.91 Å². The van der Waals surface area contributed by atoms with Crippen LogP contribution in [0.1, 0.15) is 23.1 Å². The molecule has 0 unspecified atom stereocenters. The average molecular weight is 284 g/mol. The van der Waals surface area contributed by atoms with E-state index < -0.39 is 0 Å². The Labute approximate surface area is 125 Å². The van der Waals surface area contributed by atoms with E-state index in [2.05, 4.69) is 10.3 Å². The first kappa shape index (κ1) is 15.0. The molecule has 1 N–H and O–H groups in total. The number of aromatic nitrogens is 1. The van der Waals surface area contributed by atoms with E-state index in [1.807, 2.05) is 51.1 Å². The fourth-order valence-corrected chi connectivity index (χ4v) is 1.93. The minimum Gasteiger partial charge on any atom is -0.493 e. The molecule has 4 heteroatoms. The summed E-state index contributed by atoms with van der Waals surface area (Å²) in [5.74, 6) is 1.31. The maximum Gasteiger partial charge on any atom is 0.228 e. The lowest BCUT2D eigenvalue weighted by molar-refractivity contribution is -0.116. The Hall–Kier alpha value is -2.36. The highest BCUT2D eigenvalue weighted by Gasteiger charge is 2.05. The second kappa shape index (κ2) is 6.88. The van der Waals surface area contributed by atoms with E-state index in [0.29, 0.717) is 18.8 Å². The third kappa shape index (κ3) is 4.60. The van der Waals surface area contributed by atoms with Crippen LogP contribution >= 0.6 is 0 Å². The molecule has 1 amide bonds. The molecular weight excluding hydrogens is 264 g/mol. The Morgan fingerprint density at radius 2 is 1.90 bits per heavy atom. The molecule has 4 nitrogen and oxygen atoms in total. The second-order valence-corrected chi connectivity index (χ2v) is 5.13. The fourth-order valence-electron chi connectivity index (χ4n) is 1.93. The van der Waals surface area contributed by atoms with Crippen LogP contribution < -0.4 is 10.1 Å². The lowest BCUT2D eigenvalue weighted by Gasteiger charge is -2.10. The van der Waals surface area contributed by atoms with Gasteiger partial charge in [-0.25, -0.2) is 4.98 Å². The number of nitrogens with one attached hydrogen (secondary N) is 1. The van der Waals surface area contributed by atoms with Crippen LogP contribution in [0.25, 0.3) is 0 Å².